The average molecular weight is 298 g/mol. The van der Waals surface area contributed by atoms with Crippen LogP contribution in [-0.4, -0.2) is 41.8 Å². The molecule has 21 heavy (non-hydrogen) atoms. The van der Waals surface area contributed by atoms with Crippen molar-refractivity contribution in [1.82, 2.24) is 10.4 Å². The third kappa shape index (κ3) is 5.83. The smallest absolute Gasteiger partial charge is 0.410 e. The predicted octanol–water partition coefficient (Wildman–Crippen LogP) is 3.24. The normalized spacial score (nSPS) is 24.9. The molecule has 5 nitrogen and oxygen atoms in total. The molecule has 2 aliphatic rings. The van der Waals surface area contributed by atoms with Gasteiger partial charge in [-0.2, -0.15) is 5.48 Å². The van der Waals surface area contributed by atoms with E-state index in [9.17, 15) is 4.79 Å². The van der Waals surface area contributed by atoms with Crippen LogP contribution in [0.15, 0.2) is 0 Å². The lowest BCUT2D eigenvalue weighted by Crippen LogP contribution is -2.38. The van der Waals surface area contributed by atoms with Crippen molar-refractivity contribution in [2.24, 2.45) is 0 Å². The summed E-state index contributed by atoms with van der Waals surface area (Å²) in [5, 5.41) is 0. The Morgan fingerprint density at radius 1 is 1.05 bits per heavy atom. The fraction of sp³-hybridized carbons (Fsp3) is 0.938. The van der Waals surface area contributed by atoms with Gasteiger partial charge in [-0.1, -0.05) is 12.8 Å². The van der Waals surface area contributed by atoms with E-state index in [0.717, 1.165) is 32.4 Å². The zero-order valence-electron chi connectivity index (χ0n) is 13.7. The highest BCUT2D eigenvalue weighted by Gasteiger charge is 2.26. The van der Waals surface area contributed by atoms with Crippen molar-refractivity contribution in [2.75, 3.05) is 13.1 Å². The Bertz CT molecular complexity index is 335. The first-order chi connectivity index (χ1) is 9.94. The van der Waals surface area contributed by atoms with Crippen LogP contribution in [0, 0.1) is 0 Å². The fourth-order valence-electron chi connectivity index (χ4n) is 2.92. The third-order valence-corrected chi connectivity index (χ3v) is 4.08. The first-order valence-electron chi connectivity index (χ1n) is 8.33. The second kappa shape index (κ2) is 7.45. The molecule has 1 saturated heterocycles. The van der Waals surface area contributed by atoms with Crippen molar-refractivity contribution in [3.05, 3.63) is 0 Å². The predicted molar refractivity (Wildman–Crippen MR) is 81.9 cm³/mol. The molecule has 1 unspecified atom stereocenters. The van der Waals surface area contributed by atoms with Crippen molar-refractivity contribution in [3.8, 4) is 0 Å². The number of ether oxygens (including phenoxy) is 1. The molecule has 1 amide bonds. The van der Waals surface area contributed by atoms with E-state index in [1.54, 1.807) is 0 Å². The van der Waals surface area contributed by atoms with Crippen molar-refractivity contribution < 1.29 is 14.4 Å². The van der Waals surface area contributed by atoms with Gasteiger partial charge >= 0.3 is 6.09 Å². The minimum atomic E-state index is -0.424. The standard InChI is InChI=1S/C16H30N2O3/c1-16(2,3)20-15(19)18-11-6-7-13(10-12-18)17-21-14-8-4-5-9-14/h13-14,17H,4-12H2,1-3H3. The average Bonchev–Trinajstić information content (AvgIpc) is 2.78. The molecule has 1 aliphatic carbocycles. The summed E-state index contributed by atoms with van der Waals surface area (Å²) in [6.45, 7) is 7.23. The van der Waals surface area contributed by atoms with Crippen LogP contribution in [0.4, 0.5) is 4.79 Å². The molecule has 1 aliphatic heterocycles. The van der Waals surface area contributed by atoms with Crippen LogP contribution in [-0.2, 0) is 9.57 Å². The topological polar surface area (TPSA) is 50.8 Å². The third-order valence-electron chi connectivity index (χ3n) is 4.08. The highest BCUT2D eigenvalue weighted by molar-refractivity contribution is 5.68. The molecule has 1 N–H and O–H groups in total. The minimum Gasteiger partial charge on any atom is -0.444 e. The molecule has 1 heterocycles. The number of likely N-dealkylation sites (tertiary alicyclic amines) is 1. The molecule has 0 aromatic heterocycles. The van der Waals surface area contributed by atoms with Gasteiger partial charge in [0.15, 0.2) is 0 Å². The van der Waals surface area contributed by atoms with Gasteiger partial charge in [0.1, 0.15) is 5.60 Å². The van der Waals surface area contributed by atoms with Gasteiger partial charge in [-0.3, -0.25) is 4.84 Å². The van der Waals surface area contributed by atoms with Gasteiger partial charge < -0.3 is 9.64 Å². The number of carbonyl (C=O) groups excluding carboxylic acids is 1. The molecular weight excluding hydrogens is 268 g/mol. The van der Waals surface area contributed by atoms with E-state index in [4.69, 9.17) is 9.57 Å². The van der Waals surface area contributed by atoms with Crippen LogP contribution in [0.25, 0.3) is 0 Å². The van der Waals surface area contributed by atoms with E-state index in [2.05, 4.69) is 5.48 Å². The Morgan fingerprint density at radius 2 is 1.76 bits per heavy atom. The molecule has 122 valence electrons. The summed E-state index contributed by atoms with van der Waals surface area (Å²) in [7, 11) is 0. The van der Waals surface area contributed by atoms with Crippen LogP contribution in [0.3, 0.4) is 0 Å². The van der Waals surface area contributed by atoms with Crippen molar-refractivity contribution in [3.63, 3.8) is 0 Å². The molecule has 1 atom stereocenters. The van der Waals surface area contributed by atoms with Crippen LogP contribution in [0.1, 0.15) is 65.7 Å². The van der Waals surface area contributed by atoms with Gasteiger partial charge in [-0.05, 0) is 52.9 Å². The van der Waals surface area contributed by atoms with Gasteiger partial charge in [0.2, 0.25) is 0 Å². The molecule has 0 radical (unpaired) electrons. The maximum atomic E-state index is 12.1. The molecule has 0 aromatic rings. The molecule has 0 aromatic carbocycles. The summed E-state index contributed by atoms with van der Waals surface area (Å²) < 4.78 is 5.44. The van der Waals surface area contributed by atoms with Gasteiger partial charge in [0.25, 0.3) is 0 Å². The monoisotopic (exact) mass is 298 g/mol. The van der Waals surface area contributed by atoms with E-state index in [1.807, 2.05) is 25.7 Å². The maximum Gasteiger partial charge on any atom is 0.410 e. The van der Waals surface area contributed by atoms with Gasteiger partial charge in [-0.15, -0.1) is 0 Å². The summed E-state index contributed by atoms with van der Waals surface area (Å²) >= 11 is 0. The largest absolute Gasteiger partial charge is 0.444 e. The minimum absolute atomic E-state index is 0.195. The molecule has 0 spiro atoms. The Labute approximate surface area is 128 Å². The number of hydrogen-bond acceptors (Lipinski definition) is 4. The van der Waals surface area contributed by atoms with Crippen LogP contribution in [0.2, 0.25) is 0 Å². The summed E-state index contributed by atoms with van der Waals surface area (Å²) in [5.41, 5.74) is 2.81. The van der Waals surface area contributed by atoms with Crippen LogP contribution in [0.5, 0.6) is 0 Å². The number of rotatable bonds is 3. The number of nitrogens with zero attached hydrogens (tertiary/aromatic N) is 1. The Hall–Kier alpha value is -0.810. The number of nitrogens with one attached hydrogen (secondary N) is 1. The van der Waals surface area contributed by atoms with Crippen molar-refractivity contribution >= 4 is 6.09 Å². The van der Waals surface area contributed by atoms with E-state index in [1.165, 1.54) is 25.7 Å². The van der Waals surface area contributed by atoms with E-state index >= 15 is 0 Å². The van der Waals surface area contributed by atoms with E-state index in [0.29, 0.717) is 12.1 Å². The number of amides is 1. The number of hydroxylamine groups is 1. The quantitative estimate of drug-likeness (QED) is 0.813. The number of hydrogen-bond donors (Lipinski definition) is 1. The van der Waals surface area contributed by atoms with Crippen LogP contribution < -0.4 is 5.48 Å². The maximum absolute atomic E-state index is 12.1. The summed E-state index contributed by atoms with van der Waals surface area (Å²) in [6.07, 6.45) is 8.05. The summed E-state index contributed by atoms with van der Waals surface area (Å²) in [5.74, 6) is 0. The lowest BCUT2D eigenvalue weighted by molar-refractivity contribution is -0.0425. The second-order valence-corrected chi connectivity index (χ2v) is 7.24. The first kappa shape index (κ1) is 16.6. The van der Waals surface area contributed by atoms with Crippen molar-refractivity contribution in [2.45, 2.75) is 83.5 Å². The zero-order valence-corrected chi connectivity index (χ0v) is 13.7. The van der Waals surface area contributed by atoms with Gasteiger partial charge in [0.05, 0.1) is 6.10 Å². The van der Waals surface area contributed by atoms with Gasteiger partial charge in [-0.25, -0.2) is 4.79 Å². The molecule has 5 heteroatoms. The fourth-order valence-corrected chi connectivity index (χ4v) is 2.92. The SMILES string of the molecule is CC(C)(C)OC(=O)N1CCCC(NOC2CCCC2)CC1. The highest BCUT2D eigenvalue weighted by atomic mass is 16.7. The van der Waals surface area contributed by atoms with Gasteiger partial charge in [0, 0.05) is 19.1 Å². The Morgan fingerprint density at radius 3 is 2.43 bits per heavy atom. The summed E-state index contributed by atoms with van der Waals surface area (Å²) in [6, 6.07) is 0.345. The molecular formula is C16H30N2O3. The number of carbonyl (C=O) groups is 1. The summed E-state index contributed by atoms with van der Waals surface area (Å²) in [4.78, 5) is 19.7. The van der Waals surface area contributed by atoms with E-state index < -0.39 is 5.60 Å². The zero-order chi connectivity index (χ0) is 15.3. The Balaban J connectivity index is 1.72. The van der Waals surface area contributed by atoms with Crippen LogP contribution >= 0.6 is 0 Å². The lowest BCUT2D eigenvalue weighted by Gasteiger charge is -2.26. The molecule has 2 fully saturated rings. The first-order valence-corrected chi connectivity index (χ1v) is 8.33. The Kier molecular flexibility index (Phi) is 5.88. The van der Waals surface area contributed by atoms with E-state index in [-0.39, 0.29) is 6.09 Å². The molecule has 2 rings (SSSR count). The second-order valence-electron chi connectivity index (χ2n) is 7.24. The molecule has 0 bridgehead atoms. The highest BCUT2D eigenvalue weighted by Crippen LogP contribution is 2.21. The molecule has 1 saturated carbocycles. The lowest BCUT2D eigenvalue weighted by atomic mass is 10.1. The van der Waals surface area contributed by atoms with Crippen molar-refractivity contribution in [1.29, 1.82) is 0 Å².